The molecule has 0 spiro atoms. The summed E-state index contributed by atoms with van der Waals surface area (Å²) in [7, 11) is 0. The highest BCUT2D eigenvalue weighted by atomic mass is 19.1. The Kier molecular flexibility index (Phi) is 5.25. The van der Waals surface area contributed by atoms with Crippen molar-refractivity contribution < 1.29 is 8.91 Å². The Bertz CT molecular complexity index is 611. The molecule has 0 saturated heterocycles. The lowest BCUT2D eigenvalue weighted by atomic mass is 10.2. The highest BCUT2D eigenvalue weighted by Crippen LogP contribution is 2.07. The number of benzene rings is 1. The molecular weight excluding hydrogens is 273 g/mol. The van der Waals surface area contributed by atoms with Gasteiger partial charge in [0.25, 0.3) is 0 Å². The zero-order chi connectivity index (χ0) is 15.1. The number of nitrogens with zero attached hydrogens (tertiary/aromatic N) is 3. The molecule has 0 radical (unpaired) electrons. The minimum atomic E-state index is -0.258. The molecule has 0 aliphatic rings. The van der Waals surface area contributed by atoms with E-state index >= 15 is 0 Å². The summed E-state index contributed by atoms with van der Waals surface area (Å²) in [6.07, 6.45) is 0. The van der Waals surface area contributed by atoms with E-state index in [1.165, 1.54) is 6.07 Å². The monoisotopic (exact) mass is 291 g/mol. The van der Waals surface area contributed by atoms with E-state index in [0.717, 1.165) is 0 Å². The second kappa shape index (κ2) is 7.37. The Labute approximate surface area is 122 Å². The van der Waals surface area contributed by atoms with Gasteiger partial charge in [0.15, 0.2) is 11.8 Å². The molecule has 0 unspecified atom stereocenters. The molecule has 0 amide bonds. The van der Waals surface area contributed by atoms with Crippen molar-refractivity contribution in [2.75, 3.05) is 6.54 Å². The third kappa shape index (κ3) is 4.55. The summed E-state index contributed by atoms with van der Waals surface area (Å²) in [6, 6.07) is 6.58. The van der Waals surface area contributed by atoms with Gasteiger partial charge in [-0.3, -0.25) is 0 Å². The first-order chi connectivity index (χ1) is 10.2. The Morgan fingerprint density at radius 3 is 2.81 bits per heavy atom. The summed E-state index contributed by atoms with van der Waals surface area (Å²) in [5.74, 6) is 1.37. The number of hydrogen-bond donors (Lipinski definition) is 2. The highest BCUT2D eigenvalue weighted by molar-refractivity contribution is 5.79. The van der Waals surface area contributed by atoms with Crippen LogP contribution in [0.5, 0.6) is 0 Å². The fourth-order valence-electron chi connectivity index (χ4n) is 1.71. The summed E-state index contributed by atoms with van der Waals surface area (Å²) >= 11 is 0. The molecule has 6 nitrogen and oxygen atoms in total. The summed E-state index contributed by atoms with van der Waals surface area (Å²) < 4.78 is 18.4. The number of halogens is 1. The molecule has 0 fully saturated rings. The van der Waals surface area contributed by atoms with Crippen LogP contribution in [0.1, 0.15) is 24.2 Å². The van der Waals surface area contributed by atoms with Gasteiger partial charge in [0, 0.05) is 19.0 Å². The molecule has 0 aliphatic carbocycles. The number of nitrogens with one attached hydrogen (secondary N) is 2. The van der Waals surface area contributed by atoms with Crippen LogP contribution in [0.3, 0.4) is 0 Å². The van der Waals surface area contributed by atoms with E-state index in [2.05, 4.69) is 25.8 Å². The largest absolute Gasteiger partial charge is 0.357 e. The molecule has 2 aromatic rings. The van der Waals surface area contributed by atoms with Crippen molar-refractivity contribution in [1.29, 1.82) is 0 Å². The van der Waals surface area contributed by atoms with E-state index in [0.29, 0.717) is 36.3 Å². The number of aryl methyl sites for hydroxylation is 1. The average Bonchev–Trinajstić information content (AvgIpc) is 2.89. The summed E-state index contributed by atoms with van der Waals surface area (Å²) in [4.78, 5) is 8.43. The topological polar surface area (TPSA) is 75.3 Å². The predicted octanol–water partition coefficient (Wildman–Crippen LogP) is 1.77. The minimum Gasteiger partial charge on any atom is -0.357 e. The maximum atomic E-state index is 13.5. The lowest BCUT2D eigenvalue weighted by molar-refractivity contribution is 0.387. The van der Waals surface area contributed by atoms with Crippen LogP contribution >= 0.6 is 0 Å². The van der Waals surface area contributed by atoms with Crippen LogP contribution in [-0.2, 0) is 13.1 Å². The molecule has 1 heterocycles. The van der Waals surface area contributed by atoms with Crippen LogP contribution in [0.25, 0.3) is 0 Å². The molecule has 0 bridgehead atoms. The van der Waals surface area contributed by atoms with Gasteiger partial charge in [-0.1, -0.05) is 23.4 Å². The van der Waals surface area contributed by atoms with E-state index in [9.17, 15) is 4.39 Å². The summed E-state index contributed by atoms with van der Waals surface area (Å²) in [5, 5.41) is 9.94. The normalized spacial score (nSPS) is 11.5. The van der Waals surface area contributed by atoms with Crippen molar-refractivity contribution in [3.05, 3.63) is 47.4 Å². The molecule has 0 saturated carbocycles. The van der Waals surface area contributed by atoms with Gasteiger partial charge in [-0.25, -0.2) is 9.38 Å². The van der Waals surface area contributed by atoms with Gasteiger partial charge in [0.1, 0.15) is 5.82 Å². The standard InChI is InChI=1S/C14H18FN5O/c1-3-16-14(18-9-13-19-10(2)21-20-13)17-8-11-6-4-5-7-12(11)15/h4-7H,3,8-9H2,1-2H3,(H2,16,17,18). The SMILES string of the molecule is CCNC(=NCc1ccccc1F)NCc1noc(C)n1. The van der Waals surface area contributed by atoms with Crippen LogP contribution in [0.15, 0.2) is 33.8 Å². The van der Waals surface area contributed by atoms with E-state index in [1.54, 1.807) is 25.1 Å². The van der Waals surface area contributed by atoms with Crippen LogP contribution in [0.2, 0.25) is 0 Å². The molecule has 0 aliphatic heterocycles. The molecule has 1 aromatic carbocycles. The molecule has 1 aromatic heterocycles. The van der Waals surface area contributed by atoms with Gasteiger partial charge in [0.05, 0.1) is 13.1 Å². The van der Waals surface area contributed by atoms with Gasteiger partial charge >= 0.3 is 0 Å². The molecule has 2 N–H and O–H groups in total. The Hall–Kier alpha value is -2.44. The molecule has 112 valence electrons. The fraction of sp³-hybridized carbons (Fsp3) is 0.357. The van der Waals surface area contributed by atoms with Gasteiger partial charge < -0.3 is 15.2 Å². The first-order valence-electron chi connectivity index (χ1n) is 6.74. The second-order valence-electron chi connectivity index (χ2n) is 4.37. The maximum Gasteiger partial charge on any atom is 0.223 e. The molecule has 21 heavy (non-hydrogen) atoms. The Morgan fingerprint density at radius 2 is 2.14 bits per heavy atom. The lowest BCUT2D eigenvalue weighted by Crippen LogP contribution is -2.37. The third-order valence-corrected chi connectivity index (χ3v) is 2.69. The first kappa shape index (κ1) is 15.0. The highest BCUT2D eigenvalue weighted by Gasteiger charge is 2.04. The van der Waals surface area contributed by atoms with Crippen molar-refractivity contribution in [2.24, 2.45) is 4.99 Å². The van der Waals surface area contributed by atoms with Gasteiger partial charge in [0.2, 0.25) is 5.89 Å². The van der Waals surface area contributed by atoms with Crippen molar-refractivity contribution in [1.82, 2.24) is 20.8 Å². The molecular formula is C14H18FN5O. The Balaban J connectivity index is 1.97. The summed E-state index contributed by atoms with van der Waals surface area (Å²) in [5.41, 5.74) is 0.546. The van der Waals surface area contributed by atoms with Crippen LogP contribution in [0.4, 0.5) is 4.39 Å². The summed E-state index contributed by atoms with van der Waals surface area (Å²) in [6.45, 7) is 5.04. The first-order valence-corrected chi connectivity index (χ1v) is 6.74. The van der Waals surface area contributed by atoms with Gasteiger partial charge in [-0.05, 0) is 13.0 Å². The number of aliphatic imine (C=N–C) groups is 1. The zero-order valence-electron chi connectivity index (χ0n) is 12.1. The van der Waals surface area contributed by atoms with Crippen LogP contribution in [-0.4, -0.2) is 22.6 Å². The zero-order valence-corrected chi connectivity index (χ0v) is 12.1. The fourth-order valence-corrected chi connectivity index (χ4v) is 1.71. The number of hydrogen-bond acceptors (Lipinski definition) is 4. The smallest absolute Gasteiger partial charge is 0.223 e. The minimum absolute atomic E-state index is 0.257. The lowest BCUT2D eigenvalue weighted by Gasteiger charge is -2.09. The third-order valence-electron chi connectivity index (χ3n) is 2.69. The second-order valence-corrected chi connectivity index (χ2v) is 4.37. The van der Waals surface area contributed by atoms with Gasteiger partial charge in [-0.15, -0.1) is 0 Å². The molecule has 0 atom stereocenters. The number of guanidine groups is 1. The van der Waals surface area contributed by atoms with Crippen molar-refractivity contribution in [3.8, 4) is 0 Å². The van der Waals surface area contributed by atoms with Crippen molar-refractivity contribution >= 4 is 5.96 Å². The van der Waals surface area contributed by atoms with E-state index in [-0.39, 0.29) is 12.4 Å². The molecule has 7 heteroatoms. The predicted molar refractivity (Wildman–Crippen MR) is 77.1 cm³/mol. The van der Waals surface area contributed by atoms with E-state index in [1.807, 2.05) is 6.92 Å². The Morgan fingerprint density at radius 1 is 1.33 bits per heavy atom. The van der Waals surface area contributed by atoms with Crippen molar-refractivity contribution in [2.45, 2.75) is 26.9 Å². The van der Waals surface area contributed by atoms with Crippen LogP contribution in [0, 0.1) is 12.7 Å². The van der Waals surface area contributed by atoms with E-state index in [4.69, 9.17) is 4.52 Å². The number of aromatic nitrogens is 2. The average molecular weight is 291 g/mol. The van der Waals surface area contributed by atoms with Gasteiger partial charge in [-0.2, -0.15) is 4.98 Å². The van der Waals surface area contributed by atoms with E-state index < -0.39 is 0 Å². The maximum absolute atomic E-state index is 13.5. The quantitative estimate of drug-likeness (QED) is 0.648. The van der Waals surface area contributed by atoms with Crippen molar-refractivity contribution in [3.63, 3.8) is 0 Å². The number of rotatable bonds is 5. The molecule has 2 rings (SSSR count). The van der Waals surface area contributed by atoms with Crippen LogP contribution < -0.4 is 10.6 Å².